The molecule has 0 spiro atoms. The summed E-state index contributed by atoms with van der Waals surface area (Å²) in [5, 5.41) is 8.89. The molecule has 1 atom stereocenters. The summed E-state index contributed by atoms with van der Waals surface area (Å²) in [6.45, 7) is 4.06. The first kappa shape index (κ1) is 10.2. The first-order chi connectivity index (χ1) is 6.06. The molecule has 0 aliphatic rings. The van der Waals surface area contributed by atoms with Crippen LogP contribution in [0.15, 0.2) is 6.07 Å². The van der Waals surface area contributed by atoms with E-state index in [0.29, 0.717) is 0 Å². The van der Waals surface area contributed by atoms with Gasteiger partial charge in [0, 0.05) is 16.3 Å². The molecule has 1 heterocycles. The smallest absolute Gasteiger partial charge is 0.312 e. The van der Waals surface area contributed by atoms with Crippen molar-refractivity contribution < 1.29 is 9.90 Å². The molecular weight excluding hydrogens is 186 g/mol. The summed E-state index contributed by atoms with van der Waals surface area (Å²) in [5.41, 5.74) is 6.27. The molecule has 0 fully saturated rings. The Bertz CT molecular complexity index is 319. The van der Waals surface area contributed by atoms with Crippen molar-refractivity contribution >= 4 is 17.3 Å². The molecule has 13 heavy (non-hydrogen) atoms. The number of hydrogen-bond donors (Lipinski definition) is 2. The summed E-state index contributed by atoms with van der Waals surface area (Å²) in [6.07, 6.45) is 0. The quantitative estimate of drug-likeness (QED) is 0.775. The molecule has 0 radical (unpaired) electrons. The number of rotatable bonds is 3. The topological polar surface area (TPSA) is 63.3 Å². The first-order valence-corrected chi connectivity index (χ1v) is 4.87. The summed E-state index contributed by atoms with van der Waals surface area (Å²) in [5.74, 6) is -1.40. The third-order valence-electron chi connectivity index (χ3n) is 1.99. The van der Waals surface area contributed by atoms with Crippen molar-refractivity contribution in [2.45, 2.75) is 19.8 Å². The molecule has 72 valence electrons. The van der Waals surface area contributed by atoms with E-state index in [9.17, 15) is 4.79 Å². The lowest BCUT2D eigenvalue weighted by molar-refractivity contribution is -0.138. The van der Waals surface area contributed by atoms with E-state index in [0.717, 1.165) is 15.3 Å². The molecule has 0 aliphatic carbocycles. The molecule has 0 aromatic carbocycles. The molecule has 0 amide bonds. The largest absolute Gasteiger partial charge is 0.481 e. The zero-order valence-electron chi connectivity index (χ0n) is 7.70. The zero-order chi connectivity index (χ0) is 10.0. The van der Waals surface area contributed by atoms with Crippen molar-refractivity contribution in [3.8, 4) is 0 Å². The van der Waals surface area contributed by atoms with Crippen molar-refractivity contribution in [2.75, 3.05) is 6.54 Å². The van der Waals surface area contributed by atoms with Crippen LogP contribution >= 0.6 is 11.3 Å². The molecule has 0 saturated heterocycles. The number of aryl methyl sites for hydroxylation is 2. The molecule has 1 aromatic rings. The second-order valence-electron chi connectivity index (χ2n) is 3.00. The SMILES string of the molecule is Cc1cc(C(CN)C(=O)O)c(C)s1. The highest BCUT2D eigenvalue weighted by Gasteiger charge is 2.21. The number of nitrogens with two attached hydrogens (primary N) is 1. The minimum atomic E-state index is -0.844. The van der Waals surface area contributed by atoms with Crippen LogP contribution in [0.25, 0.3) is 0 Å². The van der Waals surface area contributed by atoms with Crippen LogP contribution in [-0.4, -0.2) is 17.6 Å². The molecule has 0 bridgehead atoms. The molecule has 1 aromatic heterocycles. The standard InChI is InChI=1S/C9H13NO2S/c1-5-3-7(6(2)13-5)8(4-10)9(11)12/h3,8H,4,10H2,1-2H3,(H,11,12). The van der Waals surface area contributed by atoms with Crippen LogP contribution in [0.3, 0.4) is 0 Å². The lowest BCUT2D eigenvalue weighted by Gasteiger charge is -2.08. The Morgan fingerprint density at radius 3 is 2.62 bits per heavy atom. The lowest BCUT2D eigenvalue weighted by Crippen LogP contribution is -2.21. The summed E-state index contributed by atoms with van der Waals surface area (Å²) in [6, 6.07) is 1.91. The molecule has 4 heteroatoms. The maximum Gasteiger partial charge on any atom is 0.312 e. The van der Waals surface area contributed by atoms with E-state index in [2.05, 4.69) is 0 Å². The van der Waals surface area contributed by atoms with Gasteiger partial charge in [-0.15, -0.1) is 11.3 Å². The number of hydrogen-bond acceptors (Lipinski definition) is 3. The highest BCUT2D eigenvalue weighted by atomic mass is 32.1. The number of carbonyl (C=O) groups is 1. The molecule has 1 rings (SSSR count). The van der Waals surface area contributed by atoms with Crippen LogP contribution in [0, 0.1) is 13.8 Å². The fourth-order valence-corrected chi connectivity index (χ4v) is 2.35. The maximum absolute atomic E-state index is 10.8. The first-order valence-electron chi connectivity index (χ1n) is 4.06. The van der Waals surface area contributed by atoms with Crippen LogP contribution < -0.4 is 5.73 Å². The zero-order valence-corrected chi connectivity index (χ0v) is 8.52. The van der Waals surface area contributed by atoms with E-state index in [1.54, 1.807) is 11.3 Å². The predicted molar refractivity (Wildman–Crippen MR) is 53.2 cm³/mol. The fraction of sp³-hybridized carbons (Fsp3) is 0.444. The average Bonchev–Trinajstić information content (AvgIpc) is 2.31. The molecule has 0 aliphatic heterocycles. The van der Waals surface area contributed by atoms with Crippen molar-refractivity contribution in [1.29, 1.82) is 0 Å². The Morgan fingerprint density at radius 1 is 1.69 bits per heavy atom. The third kappa shape index (κ3) is 2.08. The Balaban J connectivity index is 3.04. The Hall–Kier alpha value is -0.870. The summed E-state index contributed by atoms with van der Waals surface area (Å²) in [4.78, 5) is 13.0. The van der Waals surface area contributed by atoms with Crippen molar-refractivity contribution in [3.63, 3.8) is 0 Å². The van der Waals surface area contributed by atoms with E-state index < -0.39 is 11.9 Å². The van der Waals surface area contributed by atoms with Gasteiger partial charge in [-0.2, -0.15) is 0 Å². The summed E-state index contributed by atoms with van der Waals surface area (Å²) >= 11 is 1.61. The second kappa shape index (κ2) is 3.89. The van der Waals surface area contributed by atoms with Crippen molar-refractivity contribution in [3.05, 3.63) is 21.4 Å². The van der Waals surface area contributed by atoms with Gasteiger partial charge in [0.1, 0.15) is 0 Å². The van der Waals surface area contributed by atoms with E-state index in [4.69, 9.17) is 10.8 Å². The Kier molecular flexibility index (Phi) is 3.06. The van der Waals surface area contributed by atoms with Gasteiger partial charge in [0.25, 0.3) is 0 Å². The summed E-state index contributed by atoms with van der Waals surface area (Å²) < 4.78 is 0. The predicted octanol–water partition coefficient (Wildman–Crippen LogP) is 1.49. The van der Waals surface area contributed by atoms with Gasteiger partial charge in [0.2, 0.25) is 0 Å². The lowest BCUT2D eigenvalue weighted by atomic mass is 10.0. The third-order valence-corrected chi connectivity index (χ3v) is 2.97. The minimum Gasteiger partial charge on any atom is -0.481 e. The van der Waals surface area contributed by atoms with Crippen molar-refractivity contribution in [2.24, 2.45) is 5.73 Å². The van der Waals surface area contributed by atoms with E-state index >= 15 is 0 Å². The maximum atomic E-state index is 10.8. The van der Waals surface area contributed by atoms with Gasteiger partial charge < -0.3 is 10.8 Å². The van der Waals surface area contributed by atoms with E-state index in [1.807, 2.05) is 19.9 Å². The van der Waals surface area contributed by atoms with Crippen molar-refractivity contribution in [1.82, 2.24) is 0 Å². The second-order valence-corrected chi connectivity index (χ2v) is 4.46. The average molecular weight is 199 g/mol. The normalized spacial score (nSPS) is 12.8. The van der Waals surface area contributed by atoms with Gasteiger partial charge in [0.05, 0.1) is 5.92 Å². The van der Waals surface area contributed by atoms with Gasteiger partial charge in [-0.1, -0.05) is 0 Å². The fourth-order valence-electron chi connectivity index (χ4n) is 1.36. The van der Waals surface area contributed by atoms with Gasteiger partial charge >= 0.3 is 5.97 Å². The number of aliphatic carboxylic acids is 1. The van der Waals surface area contributed by atoms with E-state index in [-0.39, 0.29) is 6.54 Å². The number of thiophene rings is 1. The molecule has 1 unspecified atom stereocenters. The monoisotopic (exact) mass is 199 g/mol. The highest BCUT2D eigenvalue weighted by Crippen LogP contribution is 2.27. The molecule has 0 saturated carbocycles. The van der Waals surface area contributed by atoms with Crippen LogP contribution in [0.5, 0.6) is 0 Å². The van der Waals surface area contributed by atoms with Gasteiger partial charge in [0.15, 0.2) is 0 Å². The molecular formula is C9H13NO2S. The van der Waals surface area contributed by atoms with Crippen LogP contribution in [0.2, 0.25) is 0 Å². The highest BCUT2D eigenvalue weighted by molar-refractivity contribution is 7.12. The minimum absolute atomic E-state index is 0.159. The Morgan fingerprint density at radius 2 is 2.31 bits per heavy atom. The molecule has 3 N–H and O–H groups in total. The van der Waals surface area contributed by atoms with Crippen LogP contribution in [0.4, 0.5) is 0 Å². The summed E-state index contributed by atoms with van der Waals surface area (Å²) in [7, 11) is 0. The van der Waals surface area contributed by atoms with E-state index in [1.165, 1.54) is 0 Å². The van der Waals surface area contributed by atoms with Gasteiger partial charge in [-0.05, 0) is 25.5 Å². The Labute approximate surface area is 81.2 Å². The van der Waals surface area contributed by atoms with Gasteiger partial charge in [-0.25, -0.2) is 0 Å². The van der Waals surface area contributed by atoms with Gasteiger partial charge in [-0.3, -0.25) is 4.79 Å². The molecule has 3 nitrogen and oxygen atoms in total. The van der Waals surface area contributed by atoms with Crippen LogP contribution in [0.1, 0.15) is 21.2 Å². The number of carboxylic acid groups (broad SMARTS) is 1. The number of carboxylic acids is 1. The van der Waals surface area contributed by atoms with Crippen LogP contribution in [-0.2, 0) is 4.79 Å².